The summed E-state index contributed by atoms with van der Waals surface area (Å²) in [7, 11) is 1.76. The van der Waals surface area contributed by atoms with Crippen LogP contribution in [0.5, 0.6) is 0 Å². The Hall–Kier alpha value is -2.25. The number of para-hydroxylation sites is 1. The molecule has 0 aliphatic carbocycles. The van der Waals surface area contributed by atoms with Gasteiger partial charge in [0.15, 0.2) is 0 Å². The number of aromatic nitrogens is 1. The molecule has 0 spiro atoms. The van der Waals surface area contributed by atoms with E-state index in [2.05, 4.69) is 11.1 Å². The highest BCUT2D eigenvalue weighted by molar-refractivity contribution is 7.26. The van der Waals surface area contributed by atoms with Crippen molar-refractivity contribution < 1.29 is 14.3 Å². The van der Waals surface area contributed by atoms with E-state index in [1.165, 1.54) is 11.3 Å². The van der Waals surface area contributed by atoms with Crippen LogP contribution in [0.4, 0.5) is 0 Å². The monoisotopic (exact) mass is 416 g/mol. The summed E-state index contributed by atoms with van der Waals surface area (Å²) in [6.45, 7) is 6.05. The van der Waals surface area contributed by atoms with E-state index in [9.17, 15) is 9.59 Å². The summed E-state index contributed by atoms with van der Waals surface area (Å²) >= 11 is 3.08. The summed E-state index contributed by atoms with van der Waals surface area (Å²) in [5.74, 6) is -0.274. The van der Waals surface area contributed by atoms with Crippen LogP contribution in [0.3, 0.4) is 0 Å². The maximum Gasteiger partial charge on any atom is 0.306 e. The third-order valence-corrected chi connectivity index (χ3v) is 6.24. The number of carbonyl (C=O) groups excluding carboxylic acids is 2. The Morgan fingerprint density at radius 1 is 1.11 bits per heavy atom. The summed E-state index contributed by atoms with van der Waals surface area (Å²) in [5, 5.41) is 0.929. The van der Waals surface area contributed by atoms with Crippen LogP contribution in [-0.2, 0) is 9.53 Å². The van der Waals surface area contributed by atoms with Crippen molar-refractivity contribution in [1.82, 2.24) is 9.88 Å². The predicted molar refractivity (Wildman–Crippen MR) is 115 cm³/mol. The van der Waals surface area contributed by atoms with E-state index in [-0.39, 0.29) is 11.9 Å². The van der Waals surface area contributed by atoms with Crippen LogP contribution < -0.4 is 0 Å². The van der Waals surface area contributed by atoms with Crippen LogP contribution in [0, 0.1) is 0 Å². The van der Waals surface area contributed by atoms with Crippen molar-refractivity contribution in [2.75, 3.05) is 13.6 Å². The third-order valence-electron chi connectivity index (χ3n) is 3.96. The normalized spacial score (nSPS) is 11.6. The molecule has 0 N–H and O–H groups in total. The van der Waals surface area contributed by atoms with Gasteiger partial charge in [-0.3, -0.25) is 9.59 Å². The van der Waals surface area contributed by atoms with Gasteiger partial charge in [0.05, 0.1) is 20.0 Å². The topological polar surface area (TPSA) is 59.5 Å². The maximum absolute atomic E-state index is 12.7. The molecule has 148 valence electrons. The first-order valence-corrected chi connectivity index (χ1v) is 10.8. The van der Waals surface area contributed by atoms with Crippen LogP contribution in [0.1, 0.15) is 43.3 Å². The first-order valence-electron chi connectivity index (χ1n) is 9.16. The van der Waals surface area contributed by atoms with Gasteiger partial charge in [-0.05, 0) is 51.5 Å². The van der Waals surface area contributed by atoms with E-state index >= 15 is 0 Å². The lowest BCUT2D eigenvalue weighted by molar-refractivity contribution is -0.154. The first-order chi connectivity index (χ1) is 13.2. The average molecular weight is 417 g/mol. The number of esters is 1. The lowest BCUT2D eigenvalue weighted by atomic mass is 10.2. The van der Waals surface area contributed by atoms with E-state index in [0.717, 1.165) is 20.1 Å². The fraction of sp³-hybridized carbons (Fsp3) is 0.381. The molecule has 0 aliphatic rings. The number of hydrogen-bond acceptors (Lipinski definition) is 6. The molecule has 1 aromatic carbocycles. The van der Waals surface area contributed by atoms with Gasteiger partial charge in [0.1, 0.15) is 10.6 Å². The minimum Gasteiger partial charge on any atom is -0.460 e. The quantitative estimate of drug-likeness (QED) is 0.517. The molecule has 0 radical (unpaired) electrons. The minimum absolute atomic E-state index is 0.0402. The number of rotatable bonds is 6. The highest BCUT2D eigenvalue weighted by Gasteiger charge is 2.18. The summed E-state index contributed by atoms with van der Waals surface area (Å²) in [6.07, 6.45) is 0.879. The number of benzene rings is 1. The van der Waals surface area contributed by atoms with E-state index < -0.39 is 5.60 Å². The van der Waals surface area contributed by atoms with Crippen molar-refractivity contribution in [3.05, 3.63) is 41.3 Å². The molecule has 2 aromatic heterocycles. The molecule has 0 atom stereocenters. The zero-order valence-electron chi connectivity index (χ0n) is 16.5. The molecule has 3 rings (SSSR count). The SMILES string of the molecule is CN(CCCC(=O)OC(C)(C)C)C(=O)c1ccc(-c2nc3ccccc3s2)s1. The minimum atomic E-state index is -0.479. The number of nitrogens with zero attached hydrogens (tertiary/aromatic N) is 2. The second-order valence-corrected chi connectivity index (χ2v) is 9.68. The number of ether oxygens (including phenoxy) is 1. The molecule has 0 unspecified atom stereocenters. The van der Waals surface area contributed by atoms with E-state index in [1.54, 1.807) is 23.3 Å². The lowest BCUT2D eigenvalue weighted by Crippen LogP contribution is -2.28. The van der Waals surface area contributed by atoms with E-state index in [4.69, 9.17) is 4.74 Å². The number of amides is 1. The van der Waals surface area contributed by atoms with E-state index in [0.29, 0.717) is 24.3 Å². The predicted octanol–water partition coefficient (Wildman–Crippen LogP) is 5.22. The Morgan fingerprint density at radius 2 is 1.86 bits per heavy atom. The van der Waals surface area contributed by atoms with Crippen molar-refractivity contribution in [3.8, 4) is 9.88 Å². The van der Waals surface area contributed by atoms with Crippen LogP contribution in [0.15, 0.2) is 36.4 Å². The van der Waals surface area contributed by atoms with E-state index in [1.807, 2.05) is 51.1 Å². The standard InChI is InChI=1S/C21H24N2O3S2/c1-21(2,3)26-18(24)10-7-13-23(4)20(25)17-12-11-16(27-17)19-22-14-8-5-6-9-15(14)28-19/h5-6,8-9,11-12H,7,10,13H2,1-4H3. The van der Waals surface area contributed by atoms with Gasteiger partial charge < -0.3 is 9.64 Å². The third kappa shape index (κ3) is 5.17. The van der Waals surface area contributed by atoms with Crippen molar-refractivity contribution in [1.29, 1.82) is 0 Å². The smallest absolute Gasteiger partial charge is 0.306 e. The van der Waals surface area contributed by atoms with Gasteiger partial charge in [-0.2, -0.15) is 0 Å². The number of thiazole rings is 1. The zero-order valence-corrected chi connectivity index (χ0v) is 18.2. The number of thiophene rings is 1. The Morgan fingerprint density at radius 3 is 2.57 bits per heavy atom. The molecule has 1 amide bonds. The summed E-state index contributed by atoms with van der Waals surface area (Å²) in [4.78, 5) is 32.4. The highest BCUT2D eigenvalue weighted by atomic mass is 32.1. The molecule has 28 heavy (non-hydrogen) atoms. The number of fused-ring (bicyclic) bond motifs is 1. The molecular formula is C21H24N2O3S2. The fourth-order valence-electron chi connectivity index (χ4n) is 2.69. The summed E-state index contributed by atoms with van der Waals surface area (Å²) in [6, 6.07) is 11.8. The van der Waals surface area contributed by atoms with Gasteiger partial charge in [0.2, 0.25) is 0 Å². The van der Waals surface area contributed by atoms with Crippen LogP contribution >= 0.6 is 22.7 Å². The van der Waals surface area contributed by atoms with Crippen molar-refractivity contribution in [3.63, 3.8) is 0 Å². The zero-order chi connectivity index (χ0) is 20.3. The van der Waals surface area contributed by atoms with Gasteiger partial charge in [-0.25, -0.2) is 4.98 Å². The average Bonchev–Trinajstić information content (AvgIpc) is 3.26. The van der Waals surface area contributed by atoms with Crippen molar-refractivity contribution >= 4 is 44.8 Å². The molecule has 0 saturated heterocycles. The molecule has 0 aliphatic heterocycles. The van der Waals surface area contributed by atoms with Gasteiger partial charge in [0.25, 0.3) is 5.91 Å². The van der Waals surface area contributed by atoms with Crippen molar-refractivity contribution in [2.45, 2.75) is 39.2 Å². The summed E-state index contributed by atoms with van der Waals surface area (Å²) < 4.78 is 6.43. The second-order valence-electron chi connectivity index (χ2n) is 7.57. The Balaban J connectivity index is 1.58. The first kappa shape index (κ1) is 20.5. The Kier molecular flexibility index (Phi) is 6.15. The van der Waals surface area contributed by atoms with Gasteiger partial charge >= 0.3 is 5.97 Å². The number of hydrogen-bond donors (Lipinski definition) is 0. The molecule has 0 saturated carbocycles. The molecule has 5 nitrogen and oxygen atoms in total. The van der Waals surface area contributed by atoms with Gasteiger partial charge in [-0.15, -0.1) is 22.7 Å². The Labute approximate surface area is 173 Å². The fourth-order valence-corrected chi connectivity index (χ4v) is 4.71. The maximum atomic E-state index is 12.7. The summed E-state index contributed by atoms with van der Waals surface area (Å²) in [5.41, 5.74) is 0.496. The van der Waals surface area contributed by atoms with Gasteiger partial charge in [-0.1, -0.05) is 12.1 Å². The van der Waals surface area contributed by atoms with Crippen LogP contribution in [0.25, 0.3) is 20.1 Å². The molecule has 3 aromatic rings. The highest BCUT2D eigenvalue weighted by Crippen LogP contribution is 2.34. The second kappa shape index (κ2) is 8.41. The molecular weight excluding hydrogens is 392 g/mol. The van der Waals surface area contributed by atoms with Crippen LogP contribution in [-0.4, -0.2) is 41.0 Å². The molecule has 2 heterocycles. The van der Waals surface area contributed by atoms with Crippen LogP contribution in [0.2, 0.25) is 0 Å². The van der Waals surface area contributed by atoms with Gasteiger partial charge in [0, 0.05) is 20.0 Å². The Bertz CT molecular complexity index is 952. The largest absolute Gasteiger partial charge is 0.460 e. The molecule has 0 bridgehead atoms. The lowest BCUT2D eigenvalue weighted by Gasteiger charge is -2.20. The number of carbonyl (C=O) groups is 2. The van der Waals surface area contributed by atoms with Crippen molar-refractivity contribution in [2.24, 2.45) is 0 Å². The molecule has 0 fully saturated rings. The molecule has 7 heteroatoms.